The number of hydrogen-bond acceptors (Lipinski definition) is 4. The van der Waals surface area contributed by atoms with Crippen molar-refractivity contribution in [1.82, 2.24) is 0 Å². The standard InChI is InChI=1S/C15H15ClN2O3S2/c1-10(19)17-14-9-13(6-7-15(14)22-2)23(20,21)18-12-5-3-4-11(16)8-12/h3-9,18H,1-2H3,(H,17,19). The largest absolute Gasteiger partial charge is 0.325 e. The maximum Gasteiger partial charge on any atom is 0.261 e. The average molecular weight is 371 g/mol. The third kappa shape index (κ3) is 4.63. The highest BCUT2D eigenvalue weighted by atomic mass is 35.5. The lowest BCUT2D eigenvalue weighted by molar-refractivity contribution is -0.114. The summed E-state index contributed by atoms with van der Waals surface area (Å²) < 4.78 is 27.4. The summed E-state index contributed by atoms with van der Waals surface area (Å²) in [5.41, 5.74) is 0.825. The molecule has 2 aromatic rings. The fourth-order valence-corrected chi connectivity index (χ4v) is 3.71. The first-order chi connectivity index (χ1) is 10.8. The third-order valence-electron chi connectivity index (χ3n) is 2.87. The Hall–Kier alpha value is -1.70. The molecule has 0 atom stereocenters. The predicted octanol–water partition coefficient (Wildman–Crippen LogP) is 3.82. The van der Waals surface area contributed by atoms with Crippen molar-refractivity contribution in [1.29, 1.82) is 0 Å². The number of benzene rings is 2. The molecule has 122 valence electrons. The number of thioether (sulfide) groups is 1. The van der Waals surface area contributed by atoms with Crippen LogP contribution in [-0.2, 0) is 14.8 Å². The molecule has 0 saturated heterocycles. The van der Waals surface area contributed by atoms with E-state index in [1.54, 1.807) is 24.3 Å². The molecule has 0 aliphatic carbocycles. The molecule has 0 heterocycles. The van der Waals surface area contributed by atoms with Gasteiger partial charge in [0.15, 0.2) is 0 Å². The van der Waals surface area contributed by atoms with E-state index < -0.39 is 10.0 Å². The third-order valence-corrected chi connectivity index (χ3v) is 5.28. The van der Waals surface area contributed by atoms with Crippen LogP contribution in [-0.4, -0.2) is 20.6 Å². The number of carbonyl (C=O) groups excluding carboxylic acids is 1. The quantitative estimate of drug-likeness (QED) is 0.784. The predicted molar refractivity (Wildman–Crippen MR) is 94.8 cm³/mol. The van der Waals surface area contributed by atoms with Gasteiger partial charge in [-0.3, -0.25) is 9.52 Å². The number of sulfonamides is 1. The SMILES string of the molecule is CSc1ccc(S(=O)(=O)Nc2cccc(Cl)c2)cc1NC(C)=O. The number of amides is 1. The van der Waals surface area contributed by atoms with E-state index in [-0.39, 0.29) is 10.8 Å². The highest BCUT2D eigenvalue weighted by molar-refractivity contribution is 7.98. The highest BCUT2D eigenvalue weighted by Gasteiger charge is 2.17. The Morgan fingerprint density at radius 2 is 1.91 bits per heavy atom. The Morgan fingerprint density at radius 3 is 2.52 bits per heavy atom. The molecule has 2 N–H and O–H groups in total. The van der Waals surface area contributed by atoms with E-state index in [1.165, 1.54) is 36.9 Å². The molecule has 1 amide bonds. The van der Waals surface area contributed by atoms with Crippen LogP contribution in [0.5, 0.6) is 0 Å². The van der Waals surface area contributed by atoms with Crippen molar-refractivity contribution in [2.45, 2.75) is 16.7 Å². The van der Waals surface area contributed by atoms with Gasteiger partial charge in [0.05, 0.1) is 16.3 Å². The number of rotatable bonds is 5. The number of nitrogens with one attached hydrogen (secondary N) is 2. The minimum Gasteiger partial charge on any atom is -0.325 e. The summed E-state index contributed by atoms with van der Waals surface area (Å²) in [6, 6.07) is 11.0. The van der Waals surface area contributed by atoms with Gasteiger partial charge in [0.1, 0.15) is 0 Å². The first kappa shape index (κ1) is 17.7. The summed E-state index contributed by atoms with van der Waals surface area (Å²) >= 11 is 7.27. The fraction of sp³-hybridized carbons (Fsp3) is 0.133. The molecule has 0 radical (unpaired) electrons. The Labute approximate surface area is 144 Å². The van der Waals surface area contributed by atoms with Crippen molar-refractivity contribution in [3.8, 4) is 0 Å². The van der Waals surface area contributed by atoms with Crippen molar-refractivity contribution in [3.63, 3.8) is 0 Å². The minimum absolute atomic E-state index is 0.0547. The van der Waals surface area contributed by atoms with Crippen LogP contribution in [0, 0.1) is 0 Å². The number of carbonyl (C=O) groups is 1. The molecule has 0 unspecified atom stereocenters. The molecule has 5 nitrogen and oxygen atoms in total. The average Bonchev–Trinajstić information content (AvgIpc) is 2.46. The van der Waals surface area contributed by atoms with Gasteiger partial charge in [0, 0.05) is 16.8 Å². The van der Waals surface area contributed by atoms with E-state index in [1.807, 2.05) is 6.26 Å². The van der Waals surface area contributed by atoms with Gasteiger partial charge in [-0.2, -0.15) is 0 Å². The van der Waals surface area contributed by atoms with Crippen molar-refractivity contribution >= 4 is 50.7 Å². The Morgan fingerprint density at radius 1 is 1.17 bits per heavy atom. The van der Waals surface area contributed by atoms with Gasteiger partial charge in [0.2, 0.25) is 5.91 Å². The van der Waals surface area contributed by atoms with Crippen LogP contribution in [0.15, 0.2) is 52.3 Å². The van der Waals surface area contributed by atoms with E-state index in [9.17, 15) is 13.2 Å². The van der Waals surface area contributed by atoms with Crippen LogP contribution in [0.2, 0.25) is 5.02 Å². The molecule has 23 heavy (non-hydrogen) atoms. The smallest absolute Gasteiger partial charge is 0.261 e. The monoisotopic (exact) mass is 370 g/mol. The van der Waals surface area contributed by atoms with Crippen LogP contribution in [0.25, 0.3) is 0 Å². The maximum absolute atomic E-state index is 12.5. The first-order valence-electron chi connectivity index (χ1n) is 6.56. The van der Waals surface area contributed by atoms with E-state index >= 15 is 0 Å². The lowest BCUT2D eigenvalue weighted by Crippen LogP contribution is -2.14. The lowest BCUT2D eigenvalue weighted by Gasteiger charge is -2.12. The van der Waals surface area contributed by atoms with Gasteiger partial charge in [0.25, 0.3) is 10.0 Å². The Bertz CT molecular complexity index is 838. The Balaban J connectivity index is 2.37. The summed E-state index contributed by atoms with van der Waals surface area (Å²) in [6.07, 6.45) is 1.85. The molecule has 0 saturated carbocycles. The van der Waals surface area contributed by atoms with Crippen molar-refractivity contribution in [2.24, 2.45) is 0 Å². The molecule has 0 aliphatic rings. The molecule has 2 aromatic carbocycles. The number of halogens is 1. The highest BCUT2D eigenvalue weighted by Crippen LogP contribution is 2.29. The second-order valence-electron chi connectivity index (χ2n) is 4.66. The summed E-state index contributed by atoms with van der Waals surface area (Å²) in [7, 11) is -3.78. The van der Waals surface area contributed by atoms with Gasteiger partial charge in [-0.05, 0) is 42.7 Å². The summed E-state index contributed by atoms with van der Waals surface area (Å²) in [4.78, 5) is 12.1. The molecule has 0 fully saturated rings. The molecule has 8 heteroatoms. The topological polar surface area (TPSA) is 75.3 Å². The van der Waals surface area contributed by atoms with E-state index in [4.69, 9.17) is 11.6 Å². The van der Waals surface area contributed by atoms with Crippen LogP contribution in [0.4, 0.5) is 11.4 Å². The summed E-state index contributed by atoms with van der Waals surface area (Å²) in [5, 5.41) is 3.07. The zero-order valence-electron chi connectivity index (χ0n) is 12.5. The second kappa shape index (κ2) is 7.25. The molecule has 0 aromatic heterocycles. The van der Waals surface area contributed by atoms with Gasteiger partial charge < -0.3 is 5.32 Å². The van der Waals surface area contributed by atoms with Crippen LogP contribution in [0.3, 0.4) is 0 Å². The second-order valence-corrected chi connectivity index (χ2v) is 7.63. The number of hydrogen-bond donors (Lipinski definition) is 2. The molecular formula is C15H15ClN2O3S2. The first-order valence-corrected chi connectivity index (χ1v) is 9.64. The van der Waals surface area contributed by atoms with Crippen LogP contribution in [0.1, 0.15) is 6.92 Å². The normalized spacial score (nSPS) is 11.1. The van der Waals surface area contributed by atoms with E-state index in [0.29, 0.717) is 16.4 Å². The van der Waals surface area contributed by atoms with Gasteiger partial charge in [-0.25, -0.2) is 8.42 Å². The molecular weight excluding hydrogens is 356 g/mol. The summed E-state index contributed by atoms with van der Waals surface area (Å²) in [6.45, 7) is 1.37. The Kier molecular flexibility index (Phi) is 5.56. The van der Waals surface area contributed by atoms with Gasteiger partial charge in [-0.1, -0.05) is 17.7 Å². The van der Waals surface area contributed by atoms with Crippen LogP contribution < -0.4 is 10.0 Å². The number of anilines is 2. The van der Waals surface area contributed by atoms with Crippen molar-refractivity contribution in [3.05, 3.63) is 47.5 Å². The zero-order chi connectivity index (χ0) is 17.0. The van der Waals surface area contributed by atoms with Crippen molar-refractivity contribution in [2.75, 3.05) is 16.3 Å². The van der Waals surface area contributed by atoms with Crippen molar-refractivity contribution < 1.29 is 13.2 Å². The van der Waals surface area contributed by atoms with Crippen LogP contribution >= 0.6 is 23.4 Å². The molecule has 0 aliphatic heterocycles. The molecule has 0 spiro atoms. The van der Waals surface area contributed by atoms with E-state index in [2.05, 4.69) is 10.0 Å². The van der Waals surface area contributed by atoms with Gasteiger partial charge >= 0.3 is 0 Å². The van der Waals surface area contributed by atoms with Gasteiger partial charge in [-0.15, -0.1) is 11.8 Å². The molecule has 0 bridgehead atoms. The minimum atomic E-state index is -3.78. The fourth-order valence-electron chi connectivity index (χ4n) is 1.91. The molecule has 2 rings (SSSR count). The zero-order valence-corrected chi connectivity index (χ0v) is 14.8. The maximum atomic E-state index is 12.5. The summed E-state index contributed by atoms with van der Waals surface area (Å²) in [5.74, 6) is -0.266. The van der Waals surface area contributed by atoms with E-state index in [0.717, 1.165) is 4.90 Å². The lowest BCUT2D eigenvalue weighted by atomic mass is 10.3.